The van der Waals surface area contributed by atoms with Gasteiger partial charge >= 0.3 is 6.03 Å². The zero-order valence-corrected chi connectivity index (χ0v) is 11.4. The van der Waals surface area contributed by atoms with Gasteiger partial charge in [-0.25, -0.2) is 4.79 Å². The van der Waals surface area contributed by atoms with Gasteiger partial charge in [0.25, 0.3) is 0 Å². The van der Waals surface area contributed by atoms with E-state index >= 15 is 0 Å². The summed E-state index contributed by atoms with van der Waals surface area (Å²) in [7, 11) is 0. The van der Waals surface area contributed by atoms with E-state index in [0.29, 0.717) is 0 Å². The molecule has 0 aliphatic rings. The van der Waals surface area contributed by atoms with Gasteiger partial charge in [-0.1, -0.05) is 24.3 Å². The first-order valence-corrected chi connectivity index (χ1v) is 6.27. The predicted octanol–water partition coefficient (Wildman–Crippen LogP) is 4.26. The Hall–Kier alpha value is -2.29. The summed E-state index contributed by atoms with van der Waals surface area (Å²) in [4.78, 5) is 11.9. The number of aryl methyl sites for hydroxylation is 3. The minimum absolute atomic E-state index is 0.224. The molecule has 0 fully saturated rings. The van der Waals surface area contributed by atoms with Crippen LogP contribution in [0.4, 0.5) is 16.2 Å². The molecule has 0 aliphatic carbocycles. The molecule has 0 aliphatic heterocycles. The van der Waals surface area contributed by atoms with Crippen molar-refractivity contribution in [1.29, 1.82) is 0 Å². The van der Waals surface area contributed by atoms with E-state index in [1.165, 1.54) is 11.1 Å². The molecular formula is C16H18N2O. The first kappa shape index (κ1) is 13.1. The first-order valence-electron chi connectivity index (χ1n) is 6.27. The number of amides is 2. The van der Waals surface area contributed by atoms with E-state index in [1.807, 2.05) is 50.2 Å². The zero-order valence-electron chi connectivity index (χ0n) is 11.4. The molecule has 19 heavy (non-hydrogen) atoms. The van der Waals surface area contributed by atoms with Crippen molar-refractivity contribution < 1.29 is 4.79 Å². The summed E-state index contributed by atoms with van der Waals surface area (Å²) in [5, 5.41) is 5.68. The second-order valence-corrected chi connectivity index (χ2v) is 4.70. The highest BCUT2D eigenvalue weighted by Gasteiger charge is 2.06. The molecule has 0 unspecified atom stereocenters. The minimum atomic E-state index is -0.224. The lowest BCUT2D eigenvalue weighted by atomic mass is 10.1. The van der Waals surface area contributed by atoms with Crippen LogP contribution in [0.25, 0.3) is 0 Å². The summed E-state index contributed by atoms with van der Waals surface area (Å²) in [6.07, 6.45) is 0. The monoisotopic (exact) mass is 254 g/mol. The smallest absolute Gasteiger partial charge is 0.308 e. The molecule has 2 aromatic carbocycles. The Morgan fingerprint density at radius 2 is 1.47 bits per heavy atom. The molecule has 0 saturated carbocycles. The van der Waals surface area contributed by atoms with Crippen molar-refractivity contribution in [2.45, 2.75) is 20.8 Å². The van der Waals surface area contributed by atoms with E-state index in [2.05, 4.69) is 23.6 Å². The van der Waals surface area contributed by atoms with Crippen molar-refractivity contribution in [1.82, 2.24) is 0 Å². The number of hydrogen-bond acceptors (Lipinski definition) is 1. The minimum Gasteiger partial charge on any atom is -0.308 e. The summed E-state index contributed by atoms with van der Waals surface area (Å²) < 4.78 is 0. The van der Waals surface area contributed by atoms with Gasteiger partial charge in [-0.3, -0.25) is 0 Å². The van der Waals surface area contributed by atoms with Gasteiger partial charge in [0.1, 0.15) is 0 Å². The average molecular weight is 254 g/mol. The number of urea groups is 1. The quantitative estimate of drug-likeness (QED) is 0.826. The van der Waals surface area contributed by atoms with Crippen molar-refractivity contribution >= 4 is 17.4 Å². The van der Waals surface area contributed by atoms with Crippen molar-refractivity contribution in [3.63, 3.8) is 0 Å². The van der Waals surface area contributed by atoms with Crippen LogP contribution in [0.15, 0.2) is 42.5 Å². The lowest BCUT2D eigenvalue weighted by Crippen LogP contribution is -2.20. The summed E-state index contributed by atoms with van der Waals surface area (Å²) in [6, 6.07) is 13.2. The molecule has 2 aromatic rings. The normalized spacial score (nSPS) is 10.1. The van der Waals surface area contributed by atoms with Gasteiger partial charge in [0, 0.05) is 11.4 Å². The van der Waals surface area contributed by atoms with Gasteiger partial charge in [0.15, 0.2) is 0 Å². The molecule has 0 bridgehead atoms. The molecule has 2 amide bonds. The Balaban J connectivity index is 2.09. The summed E-state index contributed by atoms with van der Waals surface area (Å²) >= 11 is 0. The molecule has 0 aromatic heterocycles. The number of carbonyl (C=O) groups is 1. The van der Waals surface area contributed by atoms with E-state index in [0.717, 1.165) is 16.9 Å². The number of anilines is 2. The number of benzene rings is 2. The van der Waals surface area contributed by atoms with Crippen LogP contribution in [0.5, 0.6) is 0 Å². The largest absolute Gasteiger partial charge is 0.323 e. The van der Waals surface area contributed by atoms with Gasteiger partial charge in [0.05, 0.1) is 0 Å². The van der Waals surface area contributed by atoms with Crippen LogP contribution in [0.3, 0.4) is 0 Å². The number of para-hydroxylation sites is 1. The molecule has 3 heteroatoms. The second kappa shape index (κ2) is 5.57. The van der Waals surface area contributed by atoms with Gasteiger partial charge in [-0.15, -0.1) is 0 Å². The lowest BCUT2D eigenvalue weighted by molar-refractivity contribution is 0.262. The molecule has 2 rings (SSSR count). The van der Waals surface area contributed by atoms with E-state index in [1.54, 1.807) is 0 Å². The topological polar surface area (TPSA) is 41.1 Å². The Labute approximate surface area is 113 Å². The Bertz CT molecular complexity index is 591. The predicted molar refractivity (Wildman–Crippen MR) is 79.7 cm³/mol. The fraction of sp³-hybridized carbons (Fsp3) is 0.188. The maximum absolute atomic E-state index is 11.9. The maximum atomic E-state index is 11.9. The zero-order chi connectivity index (χ0) is 13.8. The summed E-state index contributed by atoms with van der Waals surface area (Å²) in [5.41, 5.74) is 5.08. The Morgan fingerprint density at radius 3 is 2.16 bits per heavy atom. The molecular weight excluding hydrogens is 236 g/mol. The van der Waals surface area contributed by atoms with Crippen LogP contribution >= 0.6 is 0 Å². The van der Waals surface area contributed by atoms with E-state index < -0.39 is 0 Å². The molecule has 2 N–H and O–H groups in total. The van der Waals surface area contributed by atoms with Crippen LogP contribution in [0.1, 0.15) is 16.7 Å². The highest BCUT2D eigenvalue weighted by molar-refractivity contribution is 6.00. The van der Waals surface area contributed by atoms with Crippen molar-refractivity contribution in [2.75, 3.05) is 10.6 Å². The van der Waals surface area contributed by atoms with E-state index in [9.17, 15) is 4.79 Å². The van der Waals surface area contributed by atoms with E-state index in [4.69, 9.17) is 0 Å². The third-order valence-corrected chi connectivity index (χ3v) is 3.12. The molecule has 3 nitrogen and oxygen atoms in total. The number of carbonyl (C=O) groups excluding carboxylic acids is 1. The third kappa shape index (κ3) is 3.35. The van der Waals surface area contributed by atoms with Crippen LogP contribution in [-0.4, -0.2) is 6.03 Å². The molecule has 0 heterocycles. The number of hydrogen-bond donors (Lipinski definition) is 2. The van der Waals surface area contributed by atoms with Crippen molar-refractivity contribution in [2.24, 2.45) is 0 Å². The third-order valence-electron chi connectivity index (χ3n) is 3.12. The van der Waals surface area contributed by atoms with Gasteiger partial charge in [-0.2, -0.15) is 0 Å². The molecule has 0 spiro atoms. The van der Waals surface area contributed by atoms with Gasteiger partial charge in [-0.05, 0) is 55.7 Å². The van der Waals surface area contributed by atoms with Crippen molar-refractivity contribution in [3.8, 4) is 0 Å². The average Bonchev–Trinajstić information content (AvgIpc) is 2.37. The number of nitrogens with one attached hydrogen (secondary N) is 2. The standard InChI is InChI=1S/C16H18N2O/c1-11-9-13(3)15(10-12(11)2)18-16(19)17-14-7-5-4-6-8-14/h4-10H,1-3H3,(H2,17,18,19). The fourth-order valence-electron chi connectivity index (χ4n) is 1.90. The van der Waals surface area contributed by atoms with Crippen LogP contribution in [0.2, 0.25) is 0 Å². The maximum Gasteiger partial charge on any atom is 0.323 e. The van der Waals surface area contributed by atoms with Gasteiger partial charge in [0.2, 0.25) is 0 Å². The van der Waals surface area contributed by atoms with Crippen molar-refractivity contribution in [3.05, 3.63) is 59.2 Å². The Morgan fingerprint density at radius 1 is 0.842 bits per heavy atom. The molecule has 0 saturated heterocycles. The number of rotatable bonds is 2. The lowest BCUT2D eigenvalue weighted by Gasteiger charge is -2.12. The summed E-state index contributed by atoms with van der Waals surface area (Å²) in [5.74, 6) is 0. The highest BCUT2D eigenvalue weighted by atomic mass is 16.2. The molecule has 98 valence electrons. The Kier molecular flexibility index (Phi) is 3.85. The molecule has 0 atom stereocenters. The second-order valence-electron chi connectivity index (χ2n) is 4.70. The van der Waals surface area contributed by atoms with E-state index in [-0.39, 0.29) is 6.03 Å². The van der Waals surface area contributed by atoms with Crippen LogP contribution < -0.4 is 10.6 Å². The SMILES string of the molecule is Cc1cc(C)c(NC(=O)Nc2ccccc2)cc1C. The molecule has 0 radical (unpaired) electrons. The van der Waals surface area contributed by atoms with Crippen LogP contribution in [-0.2, 0) is 0 Å². The highest BCUT2D eigenvalue weighted by Crippen LogP contribution is 2.20. The summed E-state index contributed by atoms with van der Waals surface area (Å²) in [6.45, 7) is 6.09. The van der Waals surface area contributed by atoms with Crippen LogP contribution in [0, 0.1) is 20.8 Å². The fourth-order valence-corrected chi connectivity index (χ4v) is 1.90. The van der Waals surface area contributed by atoms with Gasteiger partial charge < -0.3 is 10.6 Å². The first-order chi connectivity index (χ1) is 9.06.